The van der Waals surface area contributed by atoms with Crippen LogP contribution >= 0.6 is 0 Å². The third-order valence-corrected chi connectivity index (χ3v) is 2.65. The molecule has 6 nitrogen and oxygen atoms in total. The minimum Gasteiger partial charge on any atom is -0.477 e. The number of aromatic carboxylic acids is 1. The predicted octanol–water partition coefficient (Wildman–Crippen LogP) is 1.75. The van der Waals surface area contributed by atoms with Crippen LogP contribution in [0.15, 0.2) is 42.9 Å². The molecule has 102 valence electrons. The van der Waals surface area contributed by atoms with E-state index in [2.05, 4.69) is 15.3 Å². The van der Waals surface area contributed by atoms with Gasteiger partial charge in [-0.2, -0.15) is 0 Å². The molecule has 2 aromatic rings. The molecule has 0 aromatic carbocycles. The minimum absolute atomic E-state index is 0.100. The zero-order chi connectivity index (χ0) is 14.4. The first-order chi connectivity index (χ1) is 9.65. The zero-order valence-corrected chi connectivity index (χ0v) is 10.6. The second-order valence-corrected chi connectivity index (χ2v) is 4.14. The van der Waals surface area contributed by atoms with Gasteiger partial charge in [-0.05, 0) is 36.2 Å². The Balaban J connectivity index is 1.91. The molecular weight excluding hydrogens is 258 g/mol. The summed E-state index contributed by atoms with van der Waals surface area (Å²) in [5.74, 6) is -1.30. The van der Waals surface area contributed by atoms with Gasteiger partial charge in [0.15, 0.2) is 0 Å². The maximum Gasteiger partial charge on any atom is 0.354 e. The summed E-state index contributed by atoms with van der Waals surface area (Å²) >= 11 is 0. The molecule has 6 heteroatoms. The molecule has 0 aliphatic carbocycles. The van der Waals surface area contributed by atoms with Gasteiger partial charge < -0.3 is 10.4 Å². The van der Waals surface area contributed by atoms with Crippen LogP contribution in [0.5, 0.6) is 0 Å². The van der Waals surface area contributed by atoms with Crippen LogP contribution in [0, 0.1) is 0 Å². The first kappa shape index (κ1) is 13.7. The Kier molecular flexibility index (Phi) is 4.39. The molecule has 2 N–H and O–H groups in total. The van der Waals surface area contributed by atoms with Gasteiger partial charge in [-0.15, -0.1) is 0 Å². The molecule has 0 spiro atoms. The summed E-state index contributed by atoms with van der Waals surface area (Å²) < 4.78 is 0. The summed E-state index contributed by atoms with van der Waals surface area (Å²) in [4.78, 5) is 30.1. The number of carboxylic acid groups (broad SMARTS) is 1. The highest BCUT2D eigenvalue weighted by molar-refractivity contribution is 5.92. The Morgan fingerprint density at radius 1 is 1.15 bits per heavy atom. The van der Waals surface area contributed by atoms with Gasteiger partial charge in [0.2, 0.25) is 5.91 Å². The van der Waals surface area contributed by atoms with E-state index in [4.69, 9.17) is 5.11 Å². The number of anilines is 1. The Morgan fingerprint density at radius 3 is 2.60 bits per heavy atom. The highest BCUT2D eigenvalue weighted by Gasteiger charge is 2.07. The van der Waals surface area contributed by atoms with Crippen molar-refractivity contribution in [1.82, 2.24) is 9.97 Å². The van der Waals surface area contributed by atoms with E-state index >= 15 is 0 Å². The van der Waals surface area contributed by atoms with Crippen molar-refractivity contribution in [1.29, 1.82) is 0 Å². The monoisotopic (exact) mass is 271 g/mol. The Labute approximate surface area is 115 Å². The van der Waals surface area contributed by atoms with Crippen molar-refractivity contribution in [3.63, 3.8) is 0 Å². The molecule has 0 aliphatic heterocycles. The second-order valence-electron chi connectivity index (χ2n) is 4.14. The van der Waals surface area contributed by atoms with Gasteiger partial charge in [0.1, 0.15) is 5.69 Å². The number of carbonyl (C=O) groups is 2. The van der Waals surface area contributed by atoms with E-state index < -0.39 is 5.97 Å². The van der Waals surface area contributed by atoms with Gasteiger partial charge in [0.05, 0.1) is 0 Å². The highest BCUT2D eigenvalue weighted by Crippen LogP contribution is 2.09. The van der Waals surface area contributed by atoms with E-state index in [1.807, 2.05) is 12.1 Å². The molecule has 20 heavy (non-hydrogen) atoms. The maximum atomic E-state index is 11.8. The predicted molar refractivity (Wildman–Crippen MR) is 72.4 cm³/mol. The first-order valence-corrected chi connectivity index (χ1v) is 6.03. The van der Waals surface area contributed by atoms with Crippen molar-refractivity contribution in [3.05, 3.63) is 54.1 Å². The lowest BCUT2D eigenvalue weighted by Gasteiger charge is -2.05. The highest BCUT2D eigenvalue weighted by atomic mass is 16.4. The zero-order valence-electron chi connectivity index (χ0n) is 10.6. The molecule has 0 bridgehead atoms. The lowest BCUT2D eigenvalue weighted by Crippen LogP contribution is -2.13. The number of carbonyl (C=O) groups excluding carboxylic acids is 1. The van der Waals surface area contributed by atoms with E-state index in [-0.39, 0.29) is 11.6 Å². The fourth-order valence-electron chi connectivity index (χ4n) is 1.66. The normalized spacial score (nSPS) is 10.0. The van der Waals surface area contributed by atoms with E-state index in [1.165, 1.54) is 12.3 Å². The van der Waals surface area contributed by atoms with E-state index in [9.17, 15) is 9.59 Å². The first-order valence-electron chi connectivity index (χ1n) is 6.03. The summed E-state index contributed by atoms with van der Waals surface area (Å²) in [5.41, 5.74) is 1.35. The Morgan fingerprint density at radius 2 is 1.90 bits per heavy atom. The molecule has 1 amide bonds. The summed E-state index contributed by atoms with van der Waals surface area (Å²) in [6.45, 7) is 0. The van der Waals surface area contributed by atoms with Gasteiger partial charge >= 0.3 is 5.97 Å². The molecule has 2 aromatic heterocycles. The van der Waals surface area contributed by atoms with Crippen molar-refractivity contribution in [2.45, 2.75) is 12.8 Å². The summed E-state index contributed by atoms with van der Waals surface area (Å²) in [7, 11) is 0. The molecule has 0 saturated carbocycles. The summed E-state index contributed by atoms with van der Waals surface area (Å²) in [6.07, 6.45) is 5.62. The molecule has 0 radical (unpaired) electrons. The molecule has 2 heterocycles. The molecule has 0 saturated heterocycles. The number of amides is 1. The molecule has 0 fully saturated rings. The van der Waals surface area contributed by atoms with Crippen molar-refractivity contribution >= 4 is 17.6 Å². The number of nitrogens with zero attached hydrogens (tertiary/aromatic N) is 2. The molecule has 0 unspecified atom stereocenters. The van der Waals surface area contributed by atoms with Crippen LogP contribution in [0.2, 0.25) is 0 Å². The van der Waals surface area contributed by atoms with Crippen LogP contribution in [0.1, 0.15) is 22.5 Å². The van der Waals surface area contributed by atoms with Crippen LogP contribution in [0.3, 0.4) is 0 Å². The number of rotatable bonds is 5. The number of carboxylic acids is 1. The minimum atomic E-state index is -1.13. The smallest absolute Gasteiger partial charge is 0.354 e. The molecular formula is C14H13N3O3. The van der Waals surface area contributed by atoms with Crippen molar-refractivity contribution in [2.24, 2.45) is 0 Å². The topological polar surface area (TPSA) is 92.2 Å². The van der Waals surface area contributed by atoms with Crippen LogP contribution in [-0.4, -0.2) is 27.0 Å². The molecule has 0 atom stereocenters. The van der Waals surface area contributed by atoms with Crippen LogP contribution in [-0.2, 0) is 11.2 Å². The lowest BCUT2D eigenvalue weighted by molar-refractivity contribution is -0.116. The van der Waals surface area contributed by atoms with E-state index in [1.54, 1.807) is 18.5 Å². The average Bonchev–Trinajstić information content (AvgIpc) is 2.46. The number of aromatic nitrogens is 2. The summed E-state index contributed by atoms with van der Waals surface area (Å²) in [6, 6.07) is 6.58. The van der Waals surface area contributed by atoms with E-state index in [0.29, 0.717) is 18.5 Å². The number of pyridine rings is 2. The Bertz CT molecular complexity index is 614. The SMILES string of the molecule is O=C(CCc1ccncc1)Nc1ccnc(C(=O)O)c1. The van der Waals surface area contributed by atoms with Crippen molar-refractivity contribution in [3.8, 4) is 0 Å². The molecule has 0 aliphatic rings. The quantitative estimate of drug-likeness (QED) is 0.864. The third-order valence-electron chi connectivity index (χ3n) is 2.65. The van der Waals surface area contributed by atoms with Gasteiger partial charge in [0, 0.05) is 30.7 Å². The fourth-order valence-corrected chi connectivity index (χ4v) is 1.66. The van der Waals surface area contributed by atoms with Crippen LogP contribution in [0.25, 0.3) is 0 Å². The van der Waals surface area contributed by atoms with Crippen LogP contribution < -0.4 is 5.32 Å². The average molecular weight is 271 g/mol. The maximum absolute atomic E-state index is 11.8. The summed E-state index contributed by atoms with van der Waals surface area (Å²) in [5, 5.41) is 11.5. The number of aryl methyl sites for hydroxylation is 1. The van der Waals surface area contributed by atoms with E-state index in [0.717, 1.165) is 5.56 Å². The lowest BCUT2D eigenvalue weighted by atomic mass is 10.1. The number of nitrogens with one attached hydrogen (secondary N) is 1. The second kappa shape index (κ2) is 6.42. The van der Waals surface area contributed by atoms with Gasteiger partial charge in [-0.3, -0.25) is 9.78 Å². The Hall–Kier alpha value is -2.76. The van der Waals surface area contributed by atoms with Crippen LogP contribution in [0.4, 0.5) is 5.69 Å². The van der Waals surface area contributed by atoms with Crippen molar-refractivity contribution < 1.29 is 14.7 Å². The van der Waals surface area contributed by atoms with Gasteiger partial charge in [0.25, 0.3) is 0 Å². The number of hydrogen-bond acceptors (Lipinski definition) is 4. The largest absolute Gasteiger partial charge is 0.477 e. The fraction of sp³-hybridized carbons (Fsp3) is 0.143. The van der Waals surface area contributed by atoms with Gasteiger partial charge in [-0.25, -0.2) is 9.78 Å². The molecule has 2 rings (SSSR count). The van der Waals surface area contributed by atoms with Gasteiger partial charge in [-0.1, -0.05) is 0 Å². The third kappa shape index (κ3) is 3.88. The number of hydrogen-bond donors (Lipinski definition) is 2. The standard InChI is InChI=1S/C14H13N3O3/c18-13(2-1-10-3-6-15-7-4-10)17-11-5-8-16-12(9-11)14(19)20/h3-9H,1-2H2,(H,19,20)(H,16,17,18). The van der Waals surface area contributed by atoms with Crippen molar-refractivity contribution in [2.75, 3.05) is 5.32 Å².